The first-order chi connectivity index (χ1) is 12.1. The Morgan fingerprint density at radius 2 is 1.28 bits per heavy atom. The fourth-order valence-electron chi connectivity index (χ4n) is 3.49. The van der Waals surface area contributed by atoms with E-state index < -0.39 is 0 Å². The minimum Gasteiger partial charge on any atom is -0.144 e. The Balaban J connectivity index is 2.02. The molecule has 5 aromatic rings. The summed E-state index contributed by atoms with van der Waals surface area (Å²) in [5.74, 6) is 0. The number of hydrogen-bond acceptors (Lipinski definition) is 4. The zero-order valence-corrected chi connectivity index (χ0v) is 17.4. The number of aryl methyl sites for hydroxylation is 3. The normalized spacial score (nSPS) is 11.8. The first-order valence-electron chi connectivity index (χ1n) is 8.19. The predicted octanol–water partition coefficient (Wildman–Crippen LogP) is 8.50. The summed E-state index contributed by atoms with van der Waals surface area (Å²) in [6.07, 6.45) is 0. The zero-order chi connectivity index (χ0) is 17.1. The summed E-state index contributed by atoms with van der Waals surface area (Å²) >= 11 is 7.62. The second kappa shape index (κ2) is 5.78. The summed E-state index contributed by atoms with van der Waals surface area (Å²) in [6.45, 7) is 6.65. The highest BCUT2D eigenvalue weighted by molar-refractivity contribution is 7.23. The van der Waals surface area contributed by atoms with Gasteiger partial charge in [-0.15, -0.1) is 45.3 Å². The van der Waals surface area contributed by atoms with Crippen LogP contribution < -0.4 is 0 Å². The molecular weight excluding hydrogens is 380 g/mol. The van der Waals surface area contributed by atoms with Crippen LogP contribution in [0.25, 0.3) is 41.1 Å². The lowest BCUT2D eigenvalue weighted by molar-refractivity contribution is 1.64. The maximum absolute atomic E-state index is 2.38. The van der Waals surface area contributed by atoms with E-state index in [0.717, 1.165) is 0 Å². The Kier molecular flexibility index (Phi) is 3.64. The van der Waals surface area contributed by atoms with Crippen LogP contribution in [0, 0.1) is 20.8 Å². The molecule has 0 aliphatic carbocycles. The van der Waals surface area contributed by atoms with Crippen molar-refractivity contribution in [3.8, 4) is 20.9 Å². The van der Waals surface area contributed by atoms with E-state index in [2.05, 4.69) is 62.5 Å². The topological polar surface area (TPSA) is 0 Å². The van der Waals surface area contributed by atoms with Crippen LogP contribution in [0.4, 0.5) is 0 Å². The molecule has 1 aromatic carbocycles. The van der Waals surface area contributed by atoms with Crippen molar-refractivity contribution in [3.05, 3.63) is 56.4 Å². The molecule has 0 amide bonds. The minimum atomic E-state index is 1.37. The van der Waals surface area contributed by atoms with Gasteiger partial charge < -0.3 is 0 Å². The fraction of sp³-hybridized carbons (Fsp3) is 0.143. The molecule has 0 atom stereocenters. The molecule has 25 heavy (non-hydrogen) atoms. The monoisotopic (exact) mass is 396 g/mol. The third kappa shape index (κ3) is 2.43. The minimum absolute atomic E-state index is 1.37. The van der Waals surface area contributed by atoms with E-state index in [1.807, 2.05) is 45.3 Å². The highest BCUT2D eigenvalue weighted by Gasteiger charge is 2.21. The standard InChI is InChI=1S/C21H16S4/c1-11-6-7-17(23-11)19-15-10-13(3)24-20(15)18(16-5-4-8-22-16)14-9-12(2)25-21(14)19/h4-10H,1-3H3. The molecule has 0 saturated carbocycles. The van der Waals surface area contributed by atoms with E-state index in [0.29, 0.717) is 0 Å². The van der Waals surface area contributed by atoms with E-state index in [4.69, 9.17) is 0 Å². The van der Waals surface area contributed by atoms with Crippen molar-refractivity contribution in [2.24, 2.45) is 0 Å². The number of thiophene rings is 4. The summed E-state index contributed by atoms with van der Waals surface area (Å²) in [6, 6.07) is 13.7. The van der Waals surface area contributed by atoms with Crippen molar-refractivity contribution in [1.82, 2.24) is 0 Å². The van der Waals surface area contributed by atoms with Crippen LogP contribution in [-0.4, -0.2) is 0 Å². The highest BCUT2D eigenvalue weighted by atomic mass is 32.1. The van der Waals surface area contributed by atoms with Gasteiger partial charge in [0.15, 0.2) is 0 Å². The average Bonchev–Trinajstić information content (AvgIpc) is 3.31. The maximum Gasteiger partial charge on any atom is 0.0445 e. The number of rotatable bonds is 2. The van der Waals surface area contributed by atoms with Gasteiger partial charge in [0.25, 0.3) is 0 Å². The van der Waals surface area contributed by atoms with Crippen molar-refractivity contribution in [2.75, 3.05) is 0 Å². The molecule has 0 aliphatic rings. The van der Waals surface area contributed by atoms with Crippen LogP contribution in [0.1, 0.15) is 14.6 Å². The van der Waals surface area contributed by atoms with E-state index in [1.165, 1.54) is 55.7 Å². The Labute approximate surface area is 163 Å². The van der Waals surface area contributed by atoms with Crippen molar-refractivity contribution < 1.29 is 0 Å². The van der Waals surface area contributed by atoms with Crippen LogP contribution in [0.2, 0.25) is 0 Å². The molecule has 0 spiro atoms. The number of hydrogen-bond donors (Lipinski definition) is 0. The van der Waals surface area contributed by atoms with Gasteiger partial charge in [0, 0.05) is 55.7 Å². The summed E-state index contributed by atoms with van der Waals surface area (Å²) in [5.41, 5.74) is 2.87. The van der Waals surface area contributed by atoms with Crippen LogP contribution in [0.3, 0.4) is 0 Å². The number of fused-ring (bicyclic) bond motifs is 2. The molecule has 0 saturated heterocycles. The largest absolute Gasteiger partial charge is 0.144 e. The summed E-state index contributed by atoms with van der Waals surface area (Å²) in [4.78, 5) is 6.92. The Morgan fingerprint density at radius 1 is 0.640 bits per heavy atom. The predicted molar refractivity (Wildman–Crippen MR) is 118 cm³/mol. The van der Waals surface area contributed by atoms with E-state index in [1.54, 1.807) is 0 Å². The first kappa shape index (κ1) is 15.8. The lowest BCUT2D eigenvalue weighted by Crippen LogP contribution is -1.81. The third-order valence-electron chi connectivity index (χ3n) is 4.46. The van der Waals surface area contributed by atoms with Gasteiger partial charge in [0.2, 0.25) is 0 Å². The molecule has 0 fully saturated rings. The van der Waals surface area contributed by atoms with Gasteiger partial charge in [0.1, 0.15) is 0 Å². The van der Waals surface area contributed by atoms with Gasteiger partial charge in [-0.25, -0.2) is 0 Å². The molecule has 0 unspecified atom stereocenters. The Morgan fingerprint density at radius 3 is 1.80 bits per heavy atom. The van der Waals surface area contributed by atoms with Gasteiger partial charge in [-0.2, -0.15) is 0 Å². The summed E-state index contributed by atoms with van der Waals surface area (Å²) in [7, 11) is 0. The maximum atomic E-state index is 2.38. The zero-order valence-electron chi connectivity index (χ0n) is 14.2. The molecule has 4 heteroatoms. The average molecular weight is 397 g/mol. The molecule has 0 radical (unpaired) electrons. The molecular formula is C21H16S4. The molecule has 0 bridgehead atoms. The second-order valence-corrected chi connectivity index (χ2v) is 11.1. The van der Waals surface area contributed by atoms with Gasteiger partial charge >= 0.3 is 0 Å². The van der Waals surface area contributed by atoms with E-state index in [-0.39, 0.29) is 0 Å². The molecule has 0 nitrogen and oxygen atoms in total. The lowest BCUT2D eigenvalue weighted by Gasteiger charge is -2.09. The summed E-state index contributed by atoms with van der Waals surface area (Å²) < 4.78 is 2.87. The summed E-state index contributed by atoms with van der Waals surface area (Å²) in [5, 5.41) is 5.02. The fourth-order valence-corrected chi connectivity index (χ4v) is 7.53. The quantitative estimate of drug-likeness (QED) is 0.280. The first-order valence-corrected chi connectivity index (χ1v) is 11.5. The second-order valence-electron chi connectivity index (χ2n) is 6.34. The van der Waals surface area contributed by atoms with Gasteiger partial charge in [-0.3, -0.25) is 0 Å². The third-order valence-corrected chi connectivity index (χ3v) is 8.50. The van der Waals surface area contributed by atoms with Crippen molar-refractivity contribution in [2.45, 2.75) is 20.8 Å². The molecule has 5 rings (SSSR count). The van der Waals surface area contributed by atoms with Crippen LogP contribution in [0.5, 0.6) is 0 Å². The van der Waals surface area contributed by atoms with Crippen LogP contribution in [0.15, 0.2) is 41.8 Å². The van der Waals surface area contributed by atoms with Crippen molar-refractivity contribution in [1.29, 1.82) is 0 Å². The smallest absolute Gasteiger partial charge is 0.0445 e. The molecule has 0 aliphatic heterocycles. The molecule has 4 aromatic heterocycles. The van der Waals surface area contributed by atoms with Crippen molar-refractivity contribution in [3.63, 3.8) is 0 Å². The van der Waals surface area contributed by atoms with Gasteiger partial charge in [-0.05, 0) is 56.5 Å². The van der Waals surface area contributed by atoms with Crippen molar-refractivity contribution >= 4 is 65.5 Å². The highest BCUT2D eigenvalue weighted by Crippen LogP contribution is 2.50. The van der Waals surface area contributed by atoms with Crippen LogP contribution >= 0.6 is 45.3 Å². The van der Waals surface area contributed by atoms with Crippen LogP contribution in [-0.2, 0) is 0 Å². The molecule has 4 heterocycles. The van der Waals surface area contributed by atoms with Gasteiger partial charge in [-0.1, -0.05) is 6.07 Å². The van der Waals surface area contributed by atoms with E-state index >= 15 is 0 Å². The Bertz CT molecular complexity index is 1150. The lowest BCUT2D eigenvalue weighted by atomic mass is 10.00. The van der Waals surface area contributed by atoms with Gasteiger partial charge in [0.05, 0.1) is 0 Å². The molecule has 124 valence electrons. The molecule has 0 N–H and O–H groups in total. The van der Waals surface area contributed by atoms with E-state index in [9.17, 15) is 0 Å². The Hall–Kier alpha value is -1.46. The SMILES string of the molecule is Cc1ccc(-c2c3cc(C)sc3c(-c3cccs3)c3cc(C)sc23)s1. The number of benzene rings is 1.